The zero-order valence-corrected chi connectivity index (χ0v) is 14.7. The average Bonchev–Trinajstić information content (AvgIpc) is 2.28. The van der Waals surface area contributed by atoms with Gasteiger partial charge in [-0.15, -0.1) is 0 Å². The molecular weight excluding hydrogens is 274 g/mol. The topological polar surface area (TPSA) is 46.2 Å². The third kappa shape index (κ3) is 11.2. The van der Waals surface area contributed by atoms with Gasteiger partial charge in [-0.25, -0.2) is 0 Å². The van der Waals surface area contributed by atoms with Gasteiger partial charge < -0.3 is 10.1 Å². The highest BCUT2D eigenvalue weighted by Crippen LogP contribution is 2.13. The lowest BCUT2D eigenvalue weighted by atomic mass is 10.0. The van der Waals surface area contributed by atoms with Gasteiger partial charge >= 0.3 is 0 Å². The minimum atomic E-state index is -0.916. The van der Waals surface area contributed by atoms with Crippen molar-refractivity contribution >= 4 is 32.4 Å². The van der Waals surface area contributed by atoms with Crippen molar-refractivity contribution < 1.29 is 9.59 Å². The van der Waals surface area contributed by atoms with Crippen LogP contribution in [0, 0.1) is 5.92 Å². The quantitative estimate of drug-likeness (QED) is 0.370. The number of carbonyl (C=O) groups excluding carboxylic acids is 2. The zero-order valence-electron chi connectivity index (χ0n) is 12.8. The highest BCUT2D eigenvalue weighted by molar-refractivity contribution is 7.80. The second-order valence-electron chi connectivity index (χ2n) is 6.45. The fourth-order valence-corrected chi connectivity index (χ4v) is 3.51. The molecule has 0 heterocycles. The third-order valence-corrected chi connectivity index (χ3v) is 5.32. The second-order valence-corrected chi connectivity index (χ2v) is 12.4. The van der Waals surface area contributed by atoms with E-state index in [9.17, 15) is 9.59 Å². The van der Waals surface area contributed by atoms with E-state index in [0.29, 0.717) is 18.7 Å². The fraction of sp³-hybridized carbons (Fsp3) is 0.857. The molecule has 0 aromatic heterocycles. The molecule has 1 N–H and O–H groups in total. The third-order valence-electron chi connectivity index (χ3n) is 3.03. The molecule has 0 aromatic carbocycles. The predicted molar refractivity (Wildman–Crippen MR) is 87.7 cm³/mol. The number of carbonyl (C=O) groups is 2. The minimum absolute atomic E-state index is 0.0320. The van der Waals surface area contributed by atoms with Gasteiger partial charge in [0.2, 0.25) is 5.91 Å². The number of Topliss-reactive ketones (excluding diaryl/α,β-unsaturated/α-hetero) is 1. The Morgan fingerprint density at radius 3 is 2.26 bits per heavy atom. The summed E-state index contributed by atoms with van der Waals surface area (Å²) in [7, 11) is -0.916. The summed E-state index contributed by atoms with van der Waals surface area (Å²) in [5, 5.41) is 2.91. The van der Waals surface area contributed by atoms with E-state index in [0.717, 1.165) is 6.42 Å². The van der Waals surface area contributed by atoms with Crippen molar-refractivity contribution in [1.82, 2.24) is 5.32 Å². The van der Waals surface area contributed by atoms with Gasteiger partial charge in [0.25, 0.3) is 0 Å². The van der Waals surface area contributed by atoms with E-state index in [1.165, 1.54) is 25.8 Å². The Kier molecular flexibility index (Phi) is 9.44. The van der Waals surface area contributed by atoms with Gasteiger partial charge in [0.15, 0.2) is 0 Å². The number of amides is 1. The molecule has 1 amide bonds. The molecular formula is C14H29NO2SSi. The number of unbranched alkanes of at least 4 members (excludes halogenated alkanes) is 2. The van der Waals surface area contributed by atoms with E-state index in [2.05, 4.69) is 37.6 Å². The molecule has 0 aliphatic carbocycles. The van der Waals surface area contributed by atoms with Crippen LogP contribution in [0.15, 0.2) is 0 Å². The molecule has 0 aliphatic rings. The molecule has 19 heavy (non-hydrogen) atoms. The molecule has 0 aliphatic heterocycles. The van der Waals surface area contributed by atoms with E-state index >= 15 is 0 Å². The maximum atomic E-state index is 11.8. The van der Waals surface area contributed by atoms with Crippen LogP contribution in [-0.4, -0.2) is 32.1 Å². The zero-order chi connectivity index (χ0) is 14.9. The molecule has 3 nitrogen and oxygen atoms in total. The Morgan fingerprint density at radius 2 is 1.79 bits per heavy atom. The van der Waals surface area contributed by atoms with Crippen LogP contribution in [0.1, 0.15) is 32.6 Å². The van der Waals surface area contributed by atoms with Gasteiger partial charge in [0, 0.05) is 26.8 Å². The summed E-state index contributed by atoms with van der Waals surface area (Å²) in [6.07, 6.45) is 3.75. The van der Waals surface area contributed by atoms with Crippen molar-refractivity contribution in [3.8, 4) is 0 Å². The van der Waals surface area contributed by atoms with Gasteiger partial charge in [0.1, 0.15) is 5.78 Å². The summed E-state index contributed by atoms with van der Waals surface area (Å²) in [6, 6.07) is 1.35. The molecule has 0 bridgehead atoms. The van der Waals surface area contributed by atoms with Gasteiger partial charge in [0.05, 0.1) is 5.92 Å². The van der Waals surface area contributed by atoms with Crippen LogP contribution in [0.4, 0.5) is 0 Å². The molecule has 0 unspecified atom stereocenters. The number of rotatable bonds is 10. The lowest BCUT2D eigenvalue weighted by Gasteiger charge is -2.15. The van der Waals surface area contributed by atoms with Gasteiger partial charge in [-0.3, -0.25) is 4.79 Å². The summed E-state index contributed by atoms with van der Waals surface area (Å²) in [5.74, 6) is 0.170. The van der Waals surface area contributed by atoms with Crippen LogP contribution in [0.2, 0.25) is 25.7 Å². The molecule has 1 atom stereocenters. The molecule has 0 saturated heterocycles. The number of hydrogen-bond acceptors (Lipinski definition) is 3. The SMILES string of the molecule is CC(=O)C[C@@H](CS)C(=O)NCCCCC[Si](C)(C)C. The summed E-state index contributed by atoms with van der Waals surface area (Å²) >= 11 is 4.13. The number of nitrogens with one attached hydrogen (secondary N) is 1. The number of thiol groups is 1. The lowest BCUT2D eigenvalue weighted by Crippen LogP contribution is -2.33. The Hall–Kier alpha value is -0.293. The van der Waals surface area contributed by atoms with Crippen molar-refractivity contribution in [2.45, 2.75) is 58.3 Å². The van der Waals surface area contributed by atoms with E-state index in [1.807, 2.05) is 0 Å². The summed E-state index contributed by atoms with van der Waals surface area (Å²) in [6.45, 7) is 9.38. The molecule has 0 spiro atoms. The summed E-state index contributed by atoms with van der Waals surface area (Å²) in [5.41, 5.74) is 0. The van der Waals surface area contributed by atoms with Gasteiger partial charge in [-0.2, -0.15) is 12.6 Å². The highest BCUT2D eigenvalue weighted by atomic mass is 32.1. The van der Waals surface area contributed by atoms with Crippen LogP contribution in [-0.2, 0) is 9.59 Å². The minimum Gasteiger partial charge on any atom is -0.356 e. The van der Waals surface area contributed by atoms with Crippen LogP contribution in [0.25, 0.3) is 0 Å². The maximum absolute atomic E-state index is 11.8. The van der Waals surface area contributed by atoms with Crippen molar-refractivity contribution in [2.24, 2.45) is 5.92 Å². The second kappa shape index (κ2) is 9.59. The van der Waals surface area contributed by atoms with Crippen LogP contribution < -0.4 is 5.32 Å². The Labute approximate surface area is 124 Å². The van der Waals surface area contributed by atoms with Gasteiger partial charge in [-0.1, -0.05) is 38.5 Å². The van der Waals surface area contributed by atoms with Crippen molar-refractivity contribution in [3.63, 3.8) is 0 Å². The number of hydrogen-bond donors (Lipinski definition) is 2. The van der Waals surface area contributed by atoms with E-state index < -0.39 is 8.07 Å². The Balaban J connectivity index is 3.70. The predicted octanol–water partition coefficient (Wildman–Crippen LogP) is 3.14. The summed E-state index contributed by atoms with van der Waals surface area (Å²) < 4.78 is 0. The van der Waals surface area contributed by atoms with Crippen LogP contribution in [0.3, 0.4) is 0 Å². The first-order valence-corrected chi connectivity index (χ1v) is 11.5. The highest BCUT2D eigenvalue weighted by Gasteiger charge is 2.18. The average molecular weight is 304 g/mol. The van der Waals surface area contributed by atoms with E-state index in [-0.39, 0.29) is 17.6 Å². The van der Waals surface area contributed by atoms with Crippen LogP contribution >= 0.6 is 12.6 Å². The Bertz CT molecular complexity index is 290. The molecule has 0 saturated carbocycles. The first-order chi connectivity index (χ1) is 8.76. The number of ketones is 1. The largest absolute Gasteiger partial charge is 0.356 e. The lowest BCUT2D eigenvalue weighted by molar-refractivity contribution is -0.128. The van der Waals surface area contributed by atoms with Crippen LogP contribution in [0.5, 0.6) is 0 Å². The molecule has 0 rings (SSSR count). The molecule has 0 fully saturated rings. The normalized spacial score (nSPS) is 13.1. The maximum Gasteiger partial charge on any atom is 0.224 e. The first-order valence-electron chi connectivity index (χ1n) is 7.14. The molecule has 0 radical (unpaired) electrons. The fourth-order valence-electron chi connectivity index (χ4n) is 1.90. The van der Waals surface area contributed by atoms with E-state index in [4.69, 9.17) is 0 Å². The summed E-state index contributed by atoms with van der Waals surface area (Å²) in [4.78, 5) is 22.8. The van der Waals surface area contributed by atoms with Crippen molar-refractivity contribution in [2.75, 3.05) is 12.3 Å². The standard InChI is InChI=1S/C14H29NO2SSi/c1-12(16)10-13(11-18)14(17)15-8-6-5-7-9-19(2,3)4/h13,18H,5-11H2,1-4H3,(H,15,17)/t13-/m0/s1. The van der Waals surface area contributed by atoms with Gasteiger partial charge in [-0.05, 0) is 13.3 Å². The smallest absolute Gasteiger partial charge is 0.224 e. The monoisotopic (exact) mass is 303 g/mol. The Morgan fingerprint density at radius 1 is 1.16 bits per heavy atom. The molecule has 5 heteroatoms. The van der Waals surface area contributed by atoms with E-state index in [1.54, 1.807) is 0 Å². The van der Waals surface area contributed by atoms with Crippen molar-refractivity contribution in [3.05, 3.63) is 0 Å². The van der Waals surface area contributed by atoms with Crippen molar-refractivity contribution in [1.29, 1.82) is 0 Å². The molecule has 0 aromatic rings. The molecule has 112 valence electrons. The first kappa shape index (κ1) is 18.7.